The van der Waals surface area contributed by atoms with Gasteiger partial charge in [-0.25, -0.2) is 4.98 Å². The van der Waals surface area contributed by atoms with Crippen LogP contribution < -0.4 is 16.0 Å². The Hall–Kier alpha value is -4.40. The SMILES string of the molecule is O=C(CSc1ccc(NC(=O)/C(=C/c2ccccc2)NC(=O)c2ccccc2)cc1)Nc1ccc(Cl)cn1. The first-order chi connectivity index (χ1) is 18.5. The van der Waals surface area contributed by atoms with Crippen LogP contribution in [0.2, 0.25) is 5.02 Å². The van der Waals surface area contributed by atoms with Gasteiger partial charge in [-0.2, -0.15) is 0 Å². The van der Waals surface area contributed by atoms with Crippen molar-refractivity contribution in [1.82, 2.24) is 10.3 Å². The number of anilines is 2. The van der Waals surface area contributed by atoms with E-state index in [0.29, 0.717) is 22.1 Å². The number of hydrogen-bond donors (Lipinski definition) is 3. The Balaban J connectivity index is 1.38. The molecule has 3 aromatic carbocycles. The Labute approximate surface area is 229 Å². The molecule has 0 saturated heterocycles. The molecule has 9 heteroatoms. The van der Waals surface area contributed by atoms with E-state index < -0.39 is 5.91 Å². The van der Waals surface area contributed by atoms with E-state index in [1.165, 1.54) is 18.0 Å². The van der Waals surface area contributed by atoms with Crippen LogP contribution in [0.3, 0.4) is 0 Å². The summed E-state index contributed by atoms with van der Waals surface area (Å²) in [6.45, 7) is 0. The quantitative estimate of drug-likeness (QED) is 0.181. The fourth-order valence-corrected chi connectivity index (χ4v) is 4.08. The zero-order valence-electron chi connectivity index (χ0n) is 20.1. The molecule has 0 aliphatic heterocycles. The summed E-state index contributed by atoms with van der Waals surface area (Å²) in [6, 6.07) is 28.3. The fourth-order valence-electron chi connectivity index (χ4n) is 3.27. The number of rotatable bonds is 9. The number of carbonyl (C=O) groups excluding carboxylic acids is 3. The van der Waals surface area contributed by atoms with Crippen molar-refractivity contribution in [1.29, 1.82) is 0 Å². The maximum absolute atomic E-state index is 13.1. The maximum atomic E-state index is 13.1. The molecular weight excluding hydrogens is 520 g/mol. The summed E-state index contributed by atoms with van der Waals surface area (Å²) < 4.78 is 0. The van der Waals surface area contributed by atoms with Crippen molar-refractivity contribution >= 4 is 58.7 Å². The molecule has 7 nitrogen and oxygen atoms in total. The van der Waals surface area contributed by atoms with Crippen LogP contribution in [0.1, 0.15) is 15.9 Å². The lowest BCUT2D eigenvalue weighted by atomic mass is 10.1. The van der Waals surface area contributed by atoms with E-state index in [9.17, 15) is 14.4 Å². The smallest absolute Gasteiger partial charge is 0.272 e. The van der Waals surface area contributed by atoms with Crippen molar-refractivity contribution in [3.8, 4) is 0 Å². The van der Waals surface area contributed by atoms with Gasteiger partial charge in [-0.05, 0) is 60.2 Å². The van der Waals surface area contributed by atoms with Gasteiger partial charge in [0.15, 0.2) is 0 Å². The Morgan fingerprint density at radius 3 is 2.16 bits per heavy atom. The van der Waals surface area contributed by atoms with Crippen molar-refractivity contribution in [2.75, 3.05) is 16.4 Å². The van der Waals surface area contributed by atoms with E-state index in [1.54, 1.807) is 66.7 Å². The topological polar surface area (TPSA) is 100 Å². The highest BCUT2D eigenvalue weighted by molar-refractivity contribution is 8.00. The van der Waals surface area contributed by atoms with Crippen LogP contribution in [0.25, 0.3) is 6.08 Å². The highest BCUT2D eigenvalue weighted by Crippen LogP contribution is 2.21. The van der Waals surface area contributed by atoms with E-state index in [-0.39, 0.29) is 23.3 Å². The standard InChI is InChI=1S/C29H23ClN4O3S/c30-22-11-16-26(31-18-22)34-27(35)19-38-24-14-12-23(13-15-24)32-29(37)25(17-20-7-3-1-4-8-20)33-28(36)21-9-5-2-6-10-21/h1-18H,19H2,(H,32,37)(H,33,36)(H,31,34,35)/b25-17-. The van der Waals surface area contributed by atoms with Gasteiger partial charge in [0.25, 0.3) is 11.8 Å². The van der Waals surface area contributed by atoms with Gasteiger partial charge in [-0.1, -0.05) is 60.1 Å². The number of hydrogen-bond acceptors (Lipinski definition) is 5. The molecular formula is C29H23ClN4O3S. The second-order valence-corrected chi connectivity index (χ2v) is 9.45. The number of carbonyl (C=O) groups is 3. The molecule has 4 aromatic rings. The molecule has 0 spiro atoms. The van der Waals surface area contributed by atoms with Gasteiger partial charge in [-0.15, -0.1) is 11.8 Å². The number of benzene rings is 3. The van der Waals surface area contributed by atoms with Crippen LogP contribution in [0.5, 0.6) is 0 Å². The third-order valence-electron chi connectivity index (χ3n) is 5.12. The molecule has 3 amide bonds. The molecule has 4 rings (SSSR count). The van der Waals surface area contributed by atoms with Crippen molar-refractivity contribution in [2.45, 2.75) is 4.90 Å². The Morgan fingerprint density at radius 2 is 1.50 bits per heavy atom. The second-order valence-electron chi connectivity index (χ2n) is 7.97. The largest absolute Gasteiger partial charge is 0.321 e. The molecule has 38 heavy (non-hydrogen) atoms. The van der Waals surface area contributed by atoms with E-state index in [0.717, 1.165) is 10.5 Å². The summed E-state index contributed by atoms with van der Waals surface area (Å²) in [5.74, 6) is -0.440. The molecule has 0 fully saturated rings. The van der Waals surface area contributed by atoms with Gasteiger partial charge >= 0.3 is 0 Å². The first kappa shape index (κ1) is 26.7. The van der Waals surface area contributed by atoms with Crippen molar-refractivity contribution < 1.29 is 14.4 Å². The number of nitrogens with zero attached hydrogens (tertiary/aromatic N) is 1. The molecule has 0 bridgehead atoms. The number of thioether (sulfide) groups is 1. The van der Waals surface area contributed by atoms with Crippen molar-refractivity contribution in [3.63, 3.8) is 0 Å². The van der Waals surface area contributed by atoms with Gasteiger partial charge < -0.3 is 16.0 Å². The van der Waals surface area contributed by atoms with Gasteiger partial charge in [0.1, 0.15) is 11.5 Å². The van der Waals surface area contributed by atoms with E-state index in [1.807, 2.05) is 36.4 Å². The van der Waals surface area contributed by atoms with Crippen LogP contribution in [-0.4, -0.2) is 28.5 Å². The lowest BCUT2D eigenvalue weighted by molar-refractivity contribution is -0.114. The fraction of sp³-hybridized carbons (Fsp3) is 0.0345. The Morgan fingerprint density at radius 1 is 0.816 bits per heavy atom. The molecule has 0 unspecified atom stereocenters. The summed E-state index contributed by atoms with van der Waals surface area (Å²) in [4.78, 5) is 42.9. The van der Waals surface area contributed by atoms with Crippen LogP contribution in [0, 0.1) is 0 Å². The van der Waals surface area contributed by atoms with E-state index in [2.05, 4.69) is 20.9 Å². The number of nitrogens with one attached hydrogen (secondary N) is 3. The predicted molar refractivity (Wildman–Crippen MR) is 152 cm³/mol. The molecule has 0 atom stereocenters. The van der Waals surface area contributed by atoms with Gasteiger partial charge in [0.2, 0.25) is 5.91 Å². The summed E-state index contributed by atoms with van der Waals surface area (Å²) in [7, 11) is 0. The highest BCUT2D eigenvalue weighted by Gasteiger charge is 2.15. The number of pyridine rings is 1. The minimum absolute atomic E-state index is 0.107. The summed E-state index contributed by atoms with van der Waals surface area (Å²) in [5, 5.41) is 8.74. The van der Waals surface area contributed by atoms with E-state index in [4.69, 9.17) is 11.6 Å². The molecule has 0 aliphatic carbocycles. The Bertz CT molecular complexity index is 1430. The summed E-state index contributed by atoms with van der Waals surface area (Å²) in [5.41, 5.74) is 1.86. The zero-order valence-corrected chi connectivity index (χ0v) is 21.6. The Kier molecular flexibility index (Phi) is 9.28. The zero-order chi connectivity index (χ0) is 26.7. The molecule has 1 aromatic heterocycles. The van der Waals surface area contributed by atoms with Crippen LogP contribution in [-0.2, 0) is 9.59 Å². The third kappa shape index (κ3) is 8.06. The number of aromatic nitrogens is 1. The predicted octanol–water partition coefficient (Wildman–Crippen LogP) is 5.88. The van der Waals surface area contributed by atoms with Gasteiger partial charge in [-0.3, -0.25) is 14.4 Å². The lowest BCUT2D eigenvalue weighted by Gasteiger charge is -2.12. The van der Waals surface area contributed by atoms with Crippen LogP contribution in [0.4, 0.5) is 11.5 Å². The maximum Gasteiger partial charge on any atom is 0.272 e. The molecule has 0 aliphatic rings. The number of amides is 3. The molecule has 190 valence electrons. The average Bonchev–Trinajstić information content (AvgIpc) is 2.94. The molecule has 3 N–H and O–H groups in total. The van der Waals surface area contributed by atoms with Crippen molar-refractivity contribution in [2.24, 2.45) is 0 Å². The second kappa shape index (κ2) is 13.2. The minimum atomic E-state index is -0.464. The third-order valence-corrected chi connectivity index (χ3v) is 6.35. The van der Waals surface area contributed by atoms with E-state index >= 15 is 0 Å². The average molecular weight is 543 g/mol. The summed E-state index contributed by atoms with van der Waals surface area (Å²) in [6.07, 6.45) is 3.08. The summed E-state index contributed by atoms with van der Waals surface area (Å²) >= 11 is 7.15. The first-order valence-corrected chi connectivity index (χ1v) is 12.9. The van der Waals surface area contributed by atoms with Gasteiger partial charge in [0.05, 0.1) is 10.8 Å². The van der Waals surface area contributed by atoms with Crippen molar-refractivity contribution in [3.05, 3.63) is 125 Å². The van der Waals surface area contributed by atoms with Crippen LogP contribution in [0.15, 0.2) is 114 Å². The lowest BCUT2D eigenvalue weighted by Crippen LogP contribution is -2.30. The monoisotopic (exact) mass is 542 g/mol. The minimum Gasteiger partial charge on any atom is -0.321 e. The molecule has 0 radical (unpaired) electrons. The normalized spacial score (nSPS) is 10.9. The van der Waals surface area contributed by atoms with Gasteiger partial charge in [0, 0.05) is 22.3 Å². The molecule has 0 saturated carbocycles. The number of halogens is 1. The molecule has 1 heterocycles. The first-order valence-electron chi connectivity index (χ1n) is 11.5. The highest BCUT2D eigenvalue weighted by atomic mass is 35.5. The van der Waals surface area contributed by atoms with Crippen LogP contribution >= 0.6 is 23.4 Å².